The number of amidine groups is 1. The number of aliphatic imine (C=N–C) groups is 1. The average molecular weight is 292 g/mol. The molecule has 0 unspecified atom stereocenters. The van der Waals surface area contributed by atoms with E-state index in [-0.39, 0.29) is 0 Å². The molecule has 1 aromatic carbocycles. The molecule has 0 radical (unpaired) electrons. The highest BCUT2D eigenvalue weighted by molar-refractivity contribution is 6.00. The molecule has 108 valence electrons. The van der Waals surface area contributed by atoms with E-state index >= 15 is 0 Å². The summed E-state index contributed by atoms with van der Waals surface area (Å²) in [5.41, 5.74) is 0.947. The molecule has 0 aliphatic carbocycles. The summed E-state index contributed by atoms with van der Waals surface area (Å²) in [6, 6.07) is 11.6. The highest BCUT2D eigenvalue weighted by Gasteiger charge is 2.35. The van der Waals surface area contributed by atoms with E-state index in [0.29, 0.717) is 11.8 Å². The van der Waals surface area contributed by atoms with Gasteiger partial charge < -0.3 is 0 Å². The Kier molecular flexibility index (Phi) is 3.01. The predicted molar refractivity (Wildman–Crippen MR) is 81.8 cm³/mol. The Balaban J connectivity index is 1.75. The minimum atomic E-state index is -0.430. The number of nitrogens with zero attached hydrogens (tertiary/aromatic N) is 6. The average Bonchev–Trinajstić information content (AvgIpc) is 2.62. The summed E-state index contributed by atoms with van der Waals surface area (Å²) in [4.78, 5) is 20.2. The third-order valence-corrected chi connectivity index (χ3v) is 3.25. The fourth-order valence-electron chi connectivity index (χ4n) is 2.27. The van der Waals surface area contributed by atoms with Crippen molar-refractivity contribution in [2.75, 3.05) is 5.06 Å². The van der Waals surface area contributed by atoms with Gasteiger partial charge in [0.05, 0.1) is 0 Å². The van der Waals surface area contributed by atoms with Crippen molar-refractivity contribution in [2.24, 2.45) is 10.1 Å². The molecule has 2 aromatic rings. The van der Waals surface area contributed by atoms with Crippen LogP contribution in [0.2, 0.25) is 0 Å². The van der Waals surface area contributed by atoms with Gasteiger partial charge >= 0.3 is 0 Å². The van der Waals surface area contributed by atoms with Gasteiger partial charge in [-0.15, -0.1) is 5.06 Å². The van der Waals surface area contributed by atoms with Crippen molar-refractivity contribution < 1.29 is 4.94 Å². The first-order valence-electron chi connectivity index (χ1n) is 6.78. The second kappa shape index (κ2) is 5.28. The molecular formula is C15H12N6O. The molecule has 0 fully saturated rings. The zero-order chi connectivity index (χ0) is 14.8. The molecule has 0 N–H and O–H groups in total. The quantitative estimate of drug-likeness (QED) is 0.844. The molecule has 7 nitrogen and oxygen atoms in total. The Bertz CT molecular complexity index is 743. The Morgan fingerprint density at radius 1 is 1.00 bits per heavy atom. The monoisotopic (exact) mass is 292 g/mol. The van der Waals surface area contributed by atoms with Crippen LogP contribution >= 0.6 is 0 Å². The molecule has 3 heterocycles. The summed E-state index contributed by atoms with van der Waals surface area (Å²) >= 11 is 0. The summed E-state index contributed by atoms with van der Waals surface area (Å²) in [6.07, 6.45) is 8.34. The standard InChI is InChI=1S/C15H12N6O/c1-2-6-12(7-3-1)13-19-22-21(14-16-8-4-9-17-14)15-18-10-5-11-20(13)15/h1-11,15H/t15-/m0/s1. The topological polar surface area (TPSA) is 66.2 Å². The van der Waals surface area contributed by atoms with Gasteiger partial charge in [0.15, 0.2) is 5.84 Å². The fourth-order valence-corrected chi connectivity index (χ4v) is 2.27. The van der Waals surface area contributed by atoms with E-state index in [1.54, 1.807) is 24.7 Å². The van der Waals surface area contributed by atoms with Crippen LogP contribution in [-0.4, -0.2) is 33.2 Å². The molecular weight excluding hydrogens is 280 g/mol. The number of oxime groups is 1. The molecule has 4 rings (SSSR count). The number of anilines is 1. The molecule has 1 atom stereocenters. The molecule has 2 aliphatic heterocycles. The zero-order valence-electron chi connectivity index (χ0n) is 11.5. The number of fused-ring (bicyclic) bond motifs is 1. The van der Waals surface area contributed by atoms with Gasteiger partial charge in [0.25, 0.3) is 5.95 Å². The van der Waals surface area contributed by atoms with Crippen molar-refractivity contribution in [3.63, 3.8) is 0 Å². The van der Waals surface area contributed by atoms with Crippen LogP contribution in [0.15, 0.2) is 71.2 Å². The summed E-state index contributed by atoms with van der Waals surface area (Å²) in [7, 11) is 0. The maximum absolute atomic E-state index is 5.51. The lowest BCUT2D eigenvalue weighted by molar-refractivity contribution is 0.0422. The zero-order valence-corrected chi connectivity index (χ0v) is 11.5. The number of hydrogen-bond acceptors (Lipinski definition) is 7. The number of hydrogen-bond donors (Lipinski definition) is 0. The first-order chi connectivity index (χ1) is 10.9. The molecule has 0 saturated carbocycles. The first kappa shape index (κ1) is 12.5. The Hall–Kier alpha value is -3.22. The molecule has 0 saturated heterocycles. The largest absolute Gasteiger partial charge is 0.287 e. The Morgan fingerprint density at radius 2 is 1.82 bits per heavy atom. The summed E-state index contributed by atoms with van der Waals surface area (Å²) in [5, 5.41) is 5.67. The van der Waals surface area contributed by atoms with E-state index in [0.717, 1.165) is 5.56 Å². The van der Waals surface area contributed by atoms with Crippen molar-refractivity contribution in [2.45, 2.75) is 6.29 Å². The van der Waals surface area contributed by atoms with E-state index in [2.05, 4.69) is 20.1 Å². The maximum atomic E-state index is 5.51. The normalized spacial score (nSPS) is 19.5. The lowest BCUT2D eigenvalue weighted by Gasteiger charge is -2.38. The molecule has 7 heteroatoms. The summed E-state index contributed by atoms with van der Waals surface area (Å²) < 4.78 is 0. The van der Waals surface area contributed by atoms with Crippen molar-refractivity contribution in [1.29, 1.82) is 0 Å². The Morgan fingerprint density at radius 3 is 2.64 bits per heavy atom. The van der Waals surface area contributed by atoms with Crippen LogP contribution in [-0.2, 0) is 4.94 Å². The van der Waals surface area contributed by atoms with E-state index in [1.165, 1.54) is 5.06 Å². The van der Waals surface area contributed by atoms with E-state index < -0.39 is 6.29 Å². The lowest BCUT2D eigenvalue weighted by Crippen LogP contribution is -2.52. The molecule has 22 heavy (non-hydrogen) atoms. The van der Waals surface area contributed by atoms with Gasteiger partial charge in [0, 0.05) is 30.4 Å². The van der Waals surface area contributed by atoms with Crippen LogP contribution < -0.4 is 5.06 Å². The van der Waals surface area contributed by atoms with Crippen molar-refractivity contribution >= 4 is 18.0 Å². The summed E-state index contributed by atoms with van der Waals surface area (Å²) in [5.74, 6) is 1.09. The van der Waals surface area contributed by atoms with Crippen molar-refractivity contribution in [3.8, 4) is 0 Å². The third kappa shape index (κ3) is 2.08. The van der Waals surface area contributed by atoms with Crippen LogP contribution in [0.1, 0.15) is 5.56 Å². The second-order valence-corrected chi connectivity index (χ2v) is 4.63. The molecule has 0 bridgehead atoms. The van der Waals surface area contributed by atoms with Gasteiger partial charge in [0.2, 0.25) is 6.29 Å². The molecule has 1 aromatic heterocycles. The number of allylic oxidation sites excluding steroid dienone is 1. The van der Waals surface area contributed by atoms with Crippen molar-refractivity contribution in [1.82, 2.24) is 14.9 Å². The number of benzene rings is 1. The van der Waals surface area contributed by atoms with Gasteiger partial charge in [-0.1, -0.05) is 30.3 Å². The van der Waals surface area contributed by atoms with Gasteiger partial charge in [-0.05, 0) is 17.3 Å². The third-order valence-electron chi connectivity index (χ3n) is 3.25. The highest BCUT2D eigenvalue weighted by atomic mass is 16.8. The second-order valence-electron chi connectivity index (χ2n) is 4.63. The first-order valence-corrected chi connectivity index (χ1v) is 6.78. The minimum Gasteiger partial charge on any atom is -0.287 e. The predicted octanol–water partition coefficient (Wildman–Crippen LogP) is 1.77. The smallest absolute Gasteiger partial charge is 0.265 e. The lowest BCUT2D eigenvalue weighted by atomic mass is 10.2. The fraction of sp³-hybridized carbons (Fsp3) is 0.0667. The van der Waals surface area contributed by atoms with Crippen LogP contribution in [0, 0.1) is 0 Å². The van der Waals surface area contributed by atoms with E-state index in [4.69, 9.17) is 4.94 Å². The highest BCUT2D eigenvalue weighted by Crippen LogP contribution is 2.24. The van der Waals surface area contributed by atoms with Crippen LogP contribution in [0.5, 0.6) is 0 Å². The number of aromatic nitrogens is 2. The van der Waals surface area contributed by atoms with Crippen LogP contribution in [0.25, 0.3) is 0 Å². The number of hydroxylamine groups is 1. The molecule has 2 aliphatic rings. The van der Waals surface area contributed by atoms with Gasteiger partial charge in [-0.3, -0.25) is 9.84 Å². The van der Waals surface area contributed by atoms with Gasteiger partial charge in [0.1, 0.15) is 0 Å². The maximum Gasteiger partial charge on any atom is 0.265 e. The van der Waals surface area contributed by atoms with Crippen LogP contribution in [0.3, 0.4) is 0 Å². The van der Waals surface area contributed by atoms with Crippen molar-refractivity contribution in [3.05, 3.63) is 66.6 Å². The molecule has 0 amide bonds. The Labute approximate surface area is 126 Å². The van der Waals surface area contributed by atoms with E-state index in [9.17, 15) is 0 Å². The van der Waals surface area contributed by atoms with Gasteiger partial charge in [-0.25, -0.2) is 15.0 Å². The number of rotatable bonds is 2. The van der Waals surface area contributed by atoms with Gasteiger partial charge in [-0.2, -0.15) is 0 Å². The van der Waals surface area contributed by atoms with Crippen LogP contribution in [0.4, 0.5) is 5.95 Å². The molecule has 0 spiro atoms. The summed E-state index contributed by atoms with van der Waals surface area (Å²) in [6.45, 7) is 0. The minimum absolute atomic E-state index is 0.404. The van der Waals surface area contributed by atoms with E-state index in [1.807, 2.05) is 47.5 Å². The SMILES string of the molecule is C1=CN2C(c3ccccc3)=NON(c3ncccn3)[C@H]2N=C1.